The minimum Gasteiger partial charge on any atom is -0.310 e. The van der Waals surface area contributed by atoms with E-state index in [0.29, 0.717) is 18.5 Å². The number of nitrogens with one attached hydrogen (secondary N) is 1. The van der Waals surface area contributed by atoms with Gasteiger partial charge in [-0.15, -0.1) is 0 Å². The van der Waals surface area contributed by atoms with Crippen molar-refractivity contribution < 1.29 is 0 Å². The zero-order valence-electron chi connectivity index (χ0n) is 7.30. The summed E-state index contributed by atoms with van der Waals surface area (Å²) >= 11 is 0. The van der Waals surface area contributed by atoms with E-state index in [0.717, 1.165) is 5.92 Å². The van der Waals surface area contributed by atoms with Crippen molar-refractivity contribution in [3.63, 3.8) is 0 Å². The fourth-order valence-electron chi connectivity index (χ4n) is 1.46. The van der Waals surface area contributed by atoms with Gasteiger partial charge in [0.2, 0.25) is 0 Å². The SMILES string of the molecule is CC[C@@H]1C[C@H]1NC(C)CC#N. The highest BCUT2D eigenvalue weighted by Crippen LogP contribution is 2.33. The molecule has 62 valence electrons. The molecule has 2 heteroatoms. The first kappa shape index (κ1) is 8.55. The van der Waals surface area contributed by atoms with Crippen LogP contribution < -0.4 is 5.32 Å². The van der Waals surface area contributed by atoms with Gasteiger partial charge in [-0.25, -0.2) is 0 Å². The number of nitriles is 1. The van der Waals surface area contributed by atoms with Gasteiger partial charge in [-0.2, -0.15) is 5.26 Å². The molecular formula is C9H16N2. The number of rotatable bonds is 4. The van der Waals surface area contributed by atoms with Crippen LogP contribution in [0.2, 0.25) is 0 Å². The second kappa shape index (κ2) is 3.73. The summed E-state index contributed by atoms with van der Waals surface area (Å²) < 4.78 is 0. The molecule has 1 unspecified atom stereocenters. The molecule has 1 saturated carbocycles. The van der Waals surface area contributed by atoms with E-state index in [2.05, 4.69) is 25.2 Å². The molecule has 1 aliphatic carbocycles. The molecule has 2 nitrogen and oxygen atoms in total. The molecule has 0 aromatic carbocycles. The van der Waals surface area contributed by atoms with Crippen LogP contribution >= 0.6 is 0 Å². The number of nitrogens with zero attached hydrogens (tertiary/aromatic N) is 1. The Kier molecular flexibility index (Phi) is 2.90. The van der Waals surface area contributed by atoms with Gasteiger partial charge in [0.15, 0.2) is 0 Å². The lowest BCUT2D eigenvalue weighted by Gasteiger charge is -2.08. The standard InChI is InChI=1S/C9H16N2/c1-3-8-6-9(8)11-7(2)4-5-10/h7-9,11H,3-4,6H2,1-2H3/t7?,8-,9-/m1/s1. The summed E-state index contributed by atoms with van der Waals surface area (Å²) in [6, 6.07) is 3.26. The van der Waals surface area contributed by atoms with Gasteiger partial charge in [0.25, 0.3) is 0 Å². The zero-order chi connectivity index (χ0) is 8.27. The molecule has 1 fully saturated rings. The smallest absolute Gasteiger partial charge is 0.0638 e. The topological polar surface area (TPSA) is 35.8 Å². The maximum Gasteiger partial charge on any atom is 0.0638 e. The average Bonchev–Trinajstić information content (AvgIpc) is 2.68. The van der Waals surface area contributed by atoms with Crippen molar-refractivity contribution >= 4 is 0 Å². The van der Waals surface area contributed by atoms with Crippen molar-refractivity contribution in [1.82, 2.24) is 5.32 Å². The van der Waals surface area contributed by atoms with Gasteiger partial charge in [-0.3, -0.25) is 0 Å². The Hall–Kier alpha value is -0.550. The second-order valence-corrected chi connectivity index (χ2v) is 3.44. The number of hydrogen-bond donors (Lipinski definition) is 1. The Morgan fingerprint density at radius 1 is 1.73 bits per heavy atom. The van der Waals surface area contributed by atoms with Crippen molar-refractivity contribution in [3.05, 3.63) is 0 Å². The van der Waals surface area contributed by atoms with Crippen molar-refractivity contribution in [2.24, 2.45) is 5.92 Å². The van der Waals surface area contributed by atoms with E-state index in [9.17, 15) is 0 Å². The van der Waals surface area contributed by atoms with Gasteiger partial charge in [0.05, 0.1) is 12.5 Å². The normalized spacial score (nSPS) is 31.0. The lowest BCUT2D eigenvalue weighted by atomic mass is 10.2. The summed E-state index contributed by atoms with van der Waals surface area (Å²) in [6.45, 7) is 4.30. The summed E-state index contributed by atoms with van der Waals surface area (Å²) in [5.74, 6) is 0.885. The van der Waals surface area contributed by atoms with Gasteiger partial charge >= 0.3 is 0 Å². The fourth-order valence-corrected chi connectivity index (χ4v) is 1.46. The van der Waals surface area contributed by atoms with Gasteiger partial charge in [0.1, 0.15) is 0 Å². The third kappa shape index (κ3) is 2.51. The molecule has 0 radical (unpaired) electrons. The Morgan fingerprint density at radius 2 is 2.45 bits per heavy atom. The van der Waals surface area contributed by atoms with Gasteiger partial charge < -0.3 is 5.32 Å². The Morgan fingerprint density at radius 3 is 2.91 bits per heavy atom. The van der Waals surface area contributed by atoms with Crippen LogP contribution in [0.25, 0.3) is 0 Å². The maximum atomic E-state index is 8.40. The maximum absolute atomic E-state index is 8.40. The predicted molar refractivity (Wildman–Crippen MR) is 45.0 cm³/mol. The van der Waals surface area contributed by atoms with Gasteiger partial charge in [-0.1, -0.05) is 13.3 Å². The van der Waals surface area contributed by atoms with E-state index in [4.69, 9.17) is 5.26 Å². The molecule has 0 spiro atoms. The van der Waals surface area contributed by atoms with Crippen LogP contribution in [-0.2, 0) is 0 Å². The van der Waals surface area contributed by atoms with E-state index in [1.54, 1.807) is 0 Å². The molecule has 0 aromatic heterocycles. The van der Waals surface area contributed by atoms with Crippen LogP contribution in [0.5, 0.6) is 0 Å². The molecule has 1 rings (SSSR count). The predicted octanol–water partition coefficient (Wildman–Crippen LogP) is 1.68. The van der Waals surface area contributed by atoms with Crippen LogP contribution in [-0.4, -0.2) is 12.1 Å². The lowest BCUT2D eigenvalue weighted by Crippen LogP contribution is -2.28. The van der Waals surface area contributed by atoms with E-state index < -0.39 is 0 Å². The Bertz CT molecular complexity index is 159. The van der Waals surface area contributed by atoms with E-state index in [-0.39, 0.29) is 0 Å². The van der Waals surface area contributed by atoms with Gasteiger partial charge in [-0.05, 0) is 19.3 Å². The summed E-state index contributed by atoms with van der Waals surface area (Å²) in [6.07, 6.45) is 3.22. The van der Waals surface area contributed by atoms with E-state index >= 15 is 0 Å². The van der Waals surface area contributed by atoms with Crippen molar-refractivity contribution in [1.29, 1.82) is 5.26 Å². The minimum atomic E-state index is 0.376. The molecule has 1 N–H and O–H groups in total. The largest absolute Gasteiger partial charge is 0.310 e. The molecule has 0 heterocycles. The molecule has 0 aliphatic heterocycles. The van der Waals surface area contributed by atoms with E-state index in [1.165, 1.54) is 12.8 Å². The monoisotopic (exact) mass is 152 g/mol. The zero-order valence-corrected chi connectivity index (χ0v) is 7.30. The first-order valence-electron chi connectivity index (χ1n) is 4.41. The Balaban J connectivity index is 2.09. The molecule has 0 aromatic rings. The summed E-state index contributed by atoms with van der Waals surface area (Å²) in [5.41, 5.74) is 0. The number of hydrogen-bond acceptors (Lipinski definition) is 2. The third-order valence-corrected chi connectivity index (χ3v) is 2.34. The quantitative estimate of drug-likeness (QED) is 0.665. The van der Waals surface area contributed by atoms with Crippen LogP contribution in [0, 0.1) is 17.2 Å². The van der Waals surface area contributed by atoms with Crippen LogP contribution in [0.3, 0.4) is 0 Å². The first-order valence-corrected chi connectivity index (χ1v) is 4.41. The fraction of sp³-hybridized carbons (Fsp3) is 0.889. The molecule has 11 heavy (non-hydrogen) atoms. The first-order chi connectivity index (χ1) is 5.27. The molecule has 0 amide bonds. The highest BCUT2D eigenvalue weighted by atomic mass is 15.0. The average molecular weight is 152 g/mol. The summed E-state index contributed by atoms with van der Waals surface area (Å²) in [7, 11) is 0. The van der Waals surface area contributed by atoms with Crippen molar-refractivity contribution in [2.45, 2.75) is 45.2 Å². The summed E-state index contributed by atoms with van der Waals surface area (Å²) in [5, 5.41) is 11.8. The van der Waals surface area contributed by atoms with Crippen LogP contribution in [0.1, 0.15) is 33.1 Å². The van der Waals surface area contributed by atoms with Crippen LogP contribution in [0.4, 0.5) is 0 Å². The van der Waals surface area contributed by atoms with Gasteiger partial charge in [0, 0.05) is 12.1 Å². The highest BCUT2D eigenvalue weighted by molar-refractivity contribution is 4.94. The van der Waals surface area contributed by atoms with E-state index in [1.807, 2.05) is 0 Å². The minimum absolute atomic E-state index is 0.376. The Labute approximate surface area is 68.6 Å². The third-order valence-electron chi connectivity index (χ3n) is 2.34. The molecule has 0 bridgehead atoms. The molecule has 1 aliphatic rings. The molecule has 0 saturated heterocycles. The van der Waals surface area contributed by atoms with Crippen LogP contribution in [0.15, 0.2) is 0 Å². The van der Waals surface area contributed by atoms with Crippen molar-refractivity contribution in [2.75, 3.05) is 0 Å². The summed E-state index contributed by atoms with van der Waals surface area (Å²) in [4.78, 5) is 0. The molecular weight excluding hydrogens is 136 g/mol. The highest BCUT2D eigenvalue weighted by Gasteiger charge is 2.35. The second-order valence-electron chi connectivity index (χ2n) is 3.44. The van der Waals surface area contributed by atoms with Crippen molar-refractivity contribution in [3.8, 4) is 6.07 Å². The lowest BCUT2D eigenvalue weighted by molar-refractivity contribution is 0.527. The molecule has 3 atom stereocenters.